The predicted octanol–water partition coefficient (Wildman–Crippen LogP) is 9.10. The van der Waals surface area contributed by atoms with Crippen LogP contribution in [0.4, 0.5) is 0 Å². The van der Waals surface area contributed by atoms with Crippen LogP contribution in [-0.2, 0) is 14.2 Å². The number of hydrogen-bond acceptors (Lipinski definition) is 4. The van der Waals surface area contributed by atoms with Gasteiger partial charge in [0.2, 0.25) is 0 Å². The molecule has 4 aliphatic carbocycles. The van der Waals surface area contributed by atoms with Crippen molar-refractivity contribution >= 4 is 5.97 Å². The van der Waals surface area contributed by atoms with Crippen molar-refractivity contribution in [3.05, 3.63) is 48.0 Å². The van der Waals surface area contributed by atoms with Crippen LogP contribution < -0.4 is 0 Å². The summed E-state index contributed by atoms with van der Waals surface area (Å²) in [6.07, 6.45) is 15.4. The van der Waals surface area contributed by atoms with E-state index in [1.807, 2.05) is 30.3 Å². The van der Waals surface area contributed by atoms with E-state index in [9.17, 15) is 4.79 Å². The zero-order chi connectivity index (χ0) is 29.7. The SMILES string of the molecule is CCC(/C=C/C(C)[C@H]1CCC2C3C(CC[C@@]21C)[C@@]1(C)CCC2(C[C@@H]1C[C@H]3OC(=O)c1ccccc1)OCCO2)C(C)C. The molecular weight excluding hydrogens is 520 g/mol. The van der Waals surface area contributed by atoms with E-state index in [0.29, 0.717) is 71.5 Å². The summed E-state index contributed by atoms with van der Waals surface area (Å²) >= 11 is 0. The summed E-state index contributed by atoms with van der Waals surface area (Å²) in [5.74, 6) is 4.10. The van der Waals surface area contributed by atoms with Crippen LogP contribution in [-0.4, -0.2) is 31.1 Å². The fraction of sp³-hybridized carbons (Fsp3) is 0.763. The smallest absolute Gasteiger partial charge is 0.338 e. The van der Waals surface area contributed by atoms with Gasteiger partial charge in [0.15, 0.2) is 5.79 Å². The summed E-state index contributed by atoms with van der Waals surface area (Å²) in [5, 5.41) is 0. The molecule has 1 saturated heterocycles. The Morgan fingerprint density at radius 1 is 0.952 bits per heavy atom. The number of fused-ring (bicyclic) bond motifs is 5. The molecule has 0 radical (unpaired) electrons. The minimum absolute atomic E-state index is 0.0445. The number of hydrogen-bond donors (Lipinski definition) is 0. The Kier molecular flexibility index (Phi) is 8.46. The summed E-state index contributed by atoms with van der Waals surface area (Å²) in [7, 11) is 0. The average Bonchev–Trinajstić information content (AvgIpc) is 3.58. The maximum absolute atomic E-state index is 13.6. The van der Waals surface area contributed by atoms with Crippen LogP contribution in [0.15, 0.2) is 42.5 Å². The monoisotopic (exact) mass is 576 g/mol. The number of rotatable bonds is 7. The fourth-order valence-corrected chi connectivity index (χ4v) is 11.0. The molecule has 232 valence electrons. The van der Waals surface area contributed by atoms with E-state index in [4.69, 9.17) is 14.2 Å². The van der Waals surface area contributed by atoms with Gasteiger partial charge in [-0.3, -0.25) is 0 Å². The minimum Gasteiger partial charge on any atom is -0.458 e. The van der Waals surface area contributed by atoms with Gasteiger partial charge < -0.3 is 14.2 Å². The number of carbonyl (C=O) groups is 1. The van der Waals surface area contributed by atoms with Gasteiger partial charge in [0, 0.05) is 18.8 Å². The number of allylic oxidation sites excluding steroid dienone is 2. The van der Waals surface area contributed by atoms with E-state index in [1.165, 1.54) is 32.1 Å². The van der Waals surface area contributed by atoms with Crippen molar-refractivity contribution in [2.45, 2.75) is 111 Å². The molecule has 1 aliphatic heterocycles. The molecule has 5 aliphatic rings. The summed E-state index contributed by atoms with van der Waals surface area (Å²) in [5.41, 5.74) is 1.21. The largest absolute Gasteiger partial charge is 0.458 e. The minimum atomic E-state index is -0.416. The molecule has 0 aromatic heterocycles. The molecule has 6 rings (SSSR count). The molecule has 42 heavy (non-hydrogen) atoms. The molecule has 5 unspecified atom stereocenters. The van der Waals surface area contributed by atoms with Gasteiger partial charge in [-0.05, 0) is 109 Å². The zero-order valence-electron chi connectivity index (χ0n) is 27.1. The van der Waals surface area contributed by atoms with Crippen LogP contribution in [0.2, 0.25) is 0 Å². The molecule has 10 atom stereocenters. The van der Waals surface area contributed by atoms with Crippen molar-refractivity contribution in [1.82, 2.24) is 0 Å². The lowest BCUT2D eigenvalue weighted by atomic mass is 9.43. The van der Waals surface area contributed by atoms with Crippen molar-refractivity contribution in [3.8, 4) is 0 Å². The van der Waals surface area contributed by atoms with E-state index in [-0.39, 0.29) is 17.5 Å². The Balaban J connectivity index is 1.29. The first-order valence-corrected chi connectivity index (χ1v) is 17.3. The Labute approximate surface area is 255 Å². The van der Waals surface area contributed by atoms with Crippen molar-refractivity contribution in [2.24, 2.45) is 58.2 Å². The molecular formula is C38H56O4. The van der Waals surface area contributed by atoms with Gasteiger partial charge in [-0.2, -0.15) is 0 Å². The Bertz CT molecular complexity index is 1120. The normalized spacial score (nSPS) is 40.5. The number of carbonyl (C=O) groups excluding carboxylic acids is 1. The third-order valence-electron chi connectivity index (χ3n) is 13.4. The zero-order valence-corrected chi connectivity index (χ0v) is 27.1. The Morgan fingerprint density at radius 3 is 2.36 bits per heavy atom. The van der Waals surface area contributed by atoms with Gasteiger partial charge in [-0.25, -0.2) is 4.79 Å². The molecule has 4 saturated carbocycles. The van der Waals surface area contributed by atoms with E-state index in [0.717, 1.165) is 25.7 Å². The standard InChI is InChI=1S/C38H56O4/c1-7-27(25(2)3)14-13-26(4)30-15-16-31-34-32(17-18-37(30,31)6)36(5)19-20-38(40-21-22-41-38)24-29(36)23-33(34)42-35(39)28-11-9-8-10-12-28/h8-14,25-27,29-34H,7,15-24H2,1-6H3/b14-13+/t26?,27?,29-,30+,31?,32?,33+,34?,36-,37+/m0/s1. The lowest BCUT2D eigenvalue weighted by Crippen LogP contribution is -2.60. The highest BCUT2D eigenvalue weighted by molar-refractivity contribution is 5.89. The second-order valence-corrected chi connectivity index (χ2v) is 15.6. The van der Waals surface area contributed by atoms with Gasteiger partial charge in [0.25, 0.3) is 0 Å². The van der Waals surface area contributed by atoms with E-state index >= 15 is 0 Å². The molecule has 0 bridgehead atoms. The summed E-state index contributed by atoms with van der Waals surface area (Å²) in [6.45, 7) is 16.1. The molecule has 4 nitrogen and oxygen atoms in total. The molecule has 1 spiro atoms. The maximum Gasteiger partial charge on any atom is 0.338 e. The van der Waals surface area contributed by atoms with Crippen LogP contribution in [0.25, 0.3) is 0 Å². The second-order valence-electron chi connectivity index (χ2n) is 15.6. The van der Waals surface area contributed by atoms with Gasteiger partial charge in [-0.1, -0.05) is 71.9 Å². The molecule has 1 heterocycles. The van der Waals surface area contributed by atoms with Gasteiger partial charge >= 0.3 is 5.97 Å². The summed E-state index contributed by atoms with van der Waals surface area (Å²) < 4.78 is 19.1. The number of ether oxygens (including phenoxy) is 3. The van der Waals surface area contributed by atoms with Crippen molar-refractivity contribution in [3.63, 3.8) is 0 Å². The third kappa shape index (κ3) is 5.21. The van der Waals surface area contributed by atoms with Crippen LogP contribution in [0.3, 0.4) is 0 Å². The fourth-order valence-electron chi connectivity index (χ4n) is 11.0. The molecule has 1 aromatic rings. The third-order valence-corrected chi connectivity index (χ3v) is 13.4. The van der Waals surface area contributed by atoms with E-state index in [2.05, 4.69) is 53.7 Å². The molecule has 1 aromatic carbocycles. The first kappa shape index (κ1) is 30.4. The average molecular weight is 577 g/mol. The van der Waals surface area contributed by atoms with Crippen molar-refractivity contribution in [2.75, 3.05) is 13.2 Å². The van der Waals surface area contributed by atoms with Crippen molar-refractivity contribution < 1.29 is 19.0 Å². The Morgan fingerprint density at radius 2 is 1.67 bits per heavy atom. The van der Waals surface area contributed by atoms with Gasteiger partial charge in [0.05, 0.1) is 18.8 Å². The highest BCUT2D eigenvalue weighted by Gasteiger charge is 2.65. The second kappa shape index (κ2) is 11.7. The predicted molar refractivity (Wildman–Crippen MR) is 168 cm³/mol. The van der Waals surface area contributed by atoms with E-state index < -0.39 is 5.79 Å². The van der Waals surface area contributed by atoms with Gasteiger partial charge in [0.1, 0.15) is 6.10 Å². The summed E-state index contributed by atoms with van der Waals surface area (Å²) in [4.78, 5) is 13.6. The molecule has 4 heteroatoms. The highest BCUT2D eigenvalue weighted by atomic mass is 16.7. The number of esters is 1. The highest BCUT2D eigenvalue weighted by Crippen LogP contribution is 2.69. The van der Waals surface area contributed by atoms with Crippen LogP contribution in [0.1, 0.15) is 110 Å². The lowest BCUT2D eigenvalue weighted by Gasteiger charge is -2.63. The topological polar surface area (TPSA) is 44.8 Å². The quantitative estimate of drug-likeness (QED) is 0.240. The van der Waals surface area contributed by atoms with Gasteiger partial charge in [-0.15, -0.1) is 0 Å². The van der Waals surface area contributed by atoms with Crippen LogP contribution in [0.5, 0.6) is 0 Å². The maximum atomic E-state index is 13.6. The number of benzene rings is 1. The Hall–Kier alpha value is -1.65. The van der Waals surface area contributed by atoms with Crippen LogP contribution in [0, 0.1) is 58.2 Å². The lowest BCUT2D eigenvalue weighted by molar-refractivity contribution is -0.242. The first-order chi connectivity index (χ1) is 20.1. The van der Waals surface area contributed by atoms with Crippen molar-refractivity contribution in [1.29, 1.82) is 0 Å². The van der Waals surface area contributed by atoms with E-state index in [1.54, 1.807) is 0 Å². The molecule has 0 N–H and O–H groups in total. The molecule has 0 amide bonds. The van der Waals surface area contributed by atoms with Crippen LogP contribution >= 0.6 is 0 Å². The first-order valence-electron chi connectivity index (χ1n) is 17.3. The molecule has 5 fully saturated rings. The summed E-state index contributed by atoms with van der Waals surface area (Å²) in [6, 6.07) is 9.63.